The van der Waals surface area contributed by atoms with Crippen LogP contribution in [0.15, 0.2) is 54.6 Å². The fourth-order valence-electron chi connectivity index (χ4n) is 1.82. The number of benzene rings is 2. The highest BCUT2D eigenvalue weighted by Gasteiger charge is 2.40. The number of rotatable bonds is 3. The molecule has 100 valence electrons. The molecule has 0 spiro atoms. The maximum atomic E-state index is 13.1. The third-order valence-corrected chi connectivity index (χ3v) is 2.82. The number of halogens is 3. The molecule has 0 bridgehead atoms. The second kappa shape index (κ2) is 5.34. The fraction of sp³-hybridized carbons (Fsp3) is 0.200. The molecule has 19 heavy (non-hydrogen) atoms. The molecular weight excluding hydrogens is 251 g/mol. The van der Waals surface area contributed by atoms with Crippen LogP contribution in [0.5, 0.6) is 0 Å². The Morgan fingerprint density at radius 3 is 2.00 bits per heavy atom. The molecule has 1 atom stereocenters. The van der Waals surface area contributed by atoms with E-state index in [0.717, 1.165) is 5.56 Å². The van der Waals surface area contributed by atoms with E-state index in [0.29, 0.717) is 5.69 Å². The van der Waals surface area contributed by atoms with Crippen LogP contribution in [-0.2, 0) is 0 Å². The monoisotopic (exact) mass is 265 g/mol. The molecule has 0 aliphatic carbocycles. The van der Waals surface area contributed by atoms with Crippen LogP contribution in [0.3, 0.4) is 0 Å². The largest absolute Gasteiger partial charge is 0.412 e. The van der Waals surface area contributed by atoms with Gasteiger partial charge in [-0.3, -0.25) is 0 Å². The molecule has 0 fully saturated rings. The number of hydrogen-bond donors (Lipinski definition) is 1. The Bertz CT molecular complexity index is 517. The van der Waals surface area contributed by atoms with E-state index in [2.05, 4.69) is 5.32 Å². The van der Waals surface area contributed by atoms with Gasteiger partial charge in [0, 0.05) is 5.69 Å². The Balaban J connectivity index is 2.27. The lowest BCUT2D eigenvalue weighted by Gasteiger charge is -2.23. The maximum absolute atomic E-state index is 13.1. The van der Waals surface area contributed by atoms with Crippen molar-refractivity contribution in [3.05, 3.63) is 65.7 Å². The second-order valence-electron chi connectivity index (χ2n) is 4.40. The van der Waals surface area contributed by atoms with E-state index in [4.69, 9.17) is 0 Å². The Labute approximate surface area is 110 Å². The van der Waals surface area contributed by atoms with E-state index >= 15 is 0 Å². The SMILES string of the molecule is Cc1ccc(N[C@@H](c2ccccc2)C(F)(F)F)cc1. The summed E-state index contributed by atoms with van der Waals surface area (Å²) in [6, 6.07) is 13.0. The molecule has 0 heterocycles. The predicted octanol–water partition coefficient (Wildman–Crippen LogP) is 4.71. The molecule has 4 heteroatoms. The van der Waals surface area contributed by atoms with Crippen LogP contribution in [0.25, 0.3) is 0 Å². The van der Waals surface area contributed by atoms with Crippen LogP contribution in [0.2, 0.25) is 0 Å². The standard InChI is InChI=1S/C15H14F3N/c1-11-7-9-13(10-8-11)19-14(15(16,17)18)12-5-3-2-4-6-12/h2-10,14,19H,1H3/t14-/m0/s1. The summed E-state index contributed by atoms with van der Waals surface area (Å²) in [4.78, 5) is 0. The molecule has 1 nitrogen and oxygen atoms in total. The first-order valence-electron chi connectivity index (χ1n) is 5.92. The van der Waals surface area contributed by atoms with Crippen molar-refractivity contribution in [2.45, 2.75) is 19.1 Å². The average Bonchev–Trinajstić information content (AvgIpc) is 2.37. The third-order valence-electron chi connectivity index (χ3n) is 2.82. The van der Waals surface area contributed by atoms with Gasteiger partial charge in [0.05, 0.1) is 0 Å². The molecule has 0 unspecified atom stereocenters. The first-order valence-corrected chi connectivity index (χ1v) is 5.92. The molecular formula is C15H14F3N. The number of anilines is 1. The highest BCUT2D eigenvalue weighted by atomic mass is 19.4. The van der Waals surface area contributed by atoms with Crippen molar-refractivity contribution in [1.82, 2.24) is 0 Å². The van der Waals surface area contributed by atoms with Gasteiger partial charge in [-0.1, -0.05) is 48.0 Å². The summed E-state index contributed by atoms with van der Waals surface area (Å²) in [6.45, 7) is 1.89. The lowest BCUT2D eigenvalue weighted by atomic mass is 10.1. The van der Waals surface area contributed by atoms with Crippen molar-refractivity contribution < 1.29 is 13.2 Å². The van der Waals surface area contributed by atoms with Crippen molar-refractivity contribution in [2.75, 3.05) is 5.32 Å². The Kier molecular flexibility index (Phi) is 3.79. The van der Waals surface area contributed by atoms with Gasteiger partial charge in [-0.15, -0.1) is 0 Å². The van der Waals surface area contributed by atoms with Crippen LogP contribution in [0, 0.1) is 6.92 Å². The van der Waals surface area contributed by atoms with E-state index < -0.39 is 12.2 Å². The Morgan fingerprint density at radius 2 is 1.47 bits per heavy atom. The van der Waals surface area contributed by atoms with Crippen molar-refractivity contribution in [1.29, 1.82) is 0 Å². The summed E-state index contributed by atoms with van der Waals surface area (Å²) in [5.74, 6) is 0. The van der Waals surface area contributed by atoms with Crippen LogP contribution in [0.4, 0.5) is 18.9 Å². The zero-order chi connectivity index (χ0) is 13.9. The van der Waals surface area contributed by atoms with E-state index in [-0.39, 0.29) is 5.56 Å². The van der Waals surface area contributed by atoms with Crippen molar-refractivity contribution in [3.8, 4) is 0 Å². The molecule has 1 N–H and O–H groups in total. The van der Waals surface area contributed by atoms with Crippen molar-refractivity contribution >= 4 is 5.69 Å². The minimum atomic E-state index is -4.34. The summed E-state index contributed by atoms with van der Waals surface area (Å²) in [7, 11) is 0. The highest BCUT2D eigenvalue weighted by Crippen LogP contribution is 2.35. The van der Waals surface area contributed by atoms with Gasteiger partial charge in [-0.25, -0.2) is 0 Å². The quantitative estimate of drug-likeness (QED) is 0.847. The van der Waals surface area contributed by atoms with Crippen molar-refractivity contribution in [2.24, 2.45) is 0 Å². The summed E-state index contributed by atoms with van der Waals surface area (Å²) >= 11 is 0. The smallest absolute Gasteiger partial charge is 0.370 e. The van der Waals surface area contributed by atoms with E-state index in [1.165, 1.54) is 12.1 Å². The number of alkyl halides is 3. The molecule has 0 saturated heterocycles. The van der Waals surface area contributed by atoms with Gasteiger partial charge in [-0.05, 0) is 24.6 Å². The molecule has 2 aromatic carbocycles. The number of nitrogens with one attached hydrogen (secondary N) is 1. The zero-order valence-electron chi connectivity index (χ0n) is 10.4. The minimum absolute atomic E-state index is 0.204. The summed E-state index contributed by atoms with van der Waals surface area (Å²) in [6.07, 6.45) is -4.34. The first kappa shape index (κ1) is 13.5. The summed E-state index contributed by atoms with van der Waals surface area (Å²) in [5.41, 5.74) is 1.67. The molecule has 2 aromatic rings. The normalized spacial score (nSPS) is 13.1. The summed E-state index contributed by atoms with van der Waals surface area (Å²) in [5, 5.41) is 2.54. The Hall–Kier alpha value is -1.97. The Morgan fingerprint density at radius 1 is 0.895 bits per heavy atom. The van der Waals surface area contributed by atoms with Crippen LogP contribution >= 0.6 is 0 Å². The molecule has 0 aliphatic rings. The molecule has 0 amide bonds. The van der Waals surface area contributed by atoms with E-state index in [1.54, 1.807) is 42.5 Å². The maximum Gasteiger partial charge on any atom is 0.412 e. The fourth-order valence-corrected chi connectivity index (χ4v) is 1.82. The molecule has 0 aromatic heterocycles. The molecule has 0 radical (unpaired) electrons. The summed E-state index contributed by atoms with van der Waals surface area (Å²) < 4.78 is 39.3. The minimum Gasteiger partial charge on any atom is -0.370 e. The number of hydrogen-bond acceptors (Lipinski definition) is 1. The van der Waals surface area contributed by atoms with Crippen LogP contribution in [-0.4, -0.2) is 6.18 Å². The number of aryl methyl sites for hydroxylation is 1. The van der Waals surface area contributed by atoms with Gasteiger partial charge in [0.1, 0.15) is 6.04 Å². The second-order valence-corrected chi connectivity index (χ2v) is 4.40. The molecule has 0 saturated carbocycles. The van der Waals surface area contributed by atoms with Crippen LogP contribution < -0.4 is 5.32 Å². The predicted molar refractivity (Wildman–Crippen MR) is 70.0 cm³/mol. The first-order chi connectivity index (χ1) is 8.97. The van der Waals surface area contributed by atoms with Gasteiger partial charge < -0.3 is 5.32 Å². The van der Waals surface area contributed by atoms with E-state index in [1.807, 2.05) is 6.92 Å². The third kappa shape index (κ3) is 3.50. The molecule has 2 rings (SSSR count). The van der Waals surface area contributed by atoms with Gasteiger partial charge in [0.15, 0.2) is 0 Å². The van der Waals surface area contributed by atoms with E-state index in [9.17, 15) is 13.2 Å². The van der Waals surface area contributed by atoms with Crippen LogP contribution in [0.1, 0.15) is 17.2 Å². The van der Waals surface area contributed by atoms with Gasteiger partial charge >= 0.3 is 6.18 Å². The van der Waals surface area contributed by atoms with Crippen molar-refractivity contribution in [3.63, 3.8) is 0 Å². The van der Waals surface area contributed by atoms with Gasteiger partial charge in [0.25, 0.3) is 0 Å². The molecule has 0 aliphatic heterocycles. The van der Waals surface area contributed by atoms with Gasteiger partial charge in [-0.2, -0.15) is 13.2 Å². The lowest BCUT2D eigenvalue weighted by molar-refractivity contribution is -0.144. The lowest BCUT2D eigenvalue weighted by Crippen LogP contribution is -2.27. The zero-order valence-corrected chi connectivity index (χ0v) is 10.4. The topological polar surface area (TPSA) is 12.0 Å². The van der Waals surface area contributed by atoms with Gasteiger partial charge in [0.2, 0.25) is 0 Å². The highest BCUT2D eigenvalue weighted by molar-refractivity contribution is 5.47. The average molecular weight is 265 g/mol.